The molecule has 0 bridgehead atoms. The summed E-state index contributed by atoms with van der Waals surface area (Å²) in [4.78, 5) is 22.2. The molecular weight excluding hydrogens is 412 g/mol. The summed E-state index contributed by atoms with van der Waals surface area (Å²) in [6, 6.07) is 8.68. The number of furan rings is 1. The predicted molar refractivity (Wildman–Crippen MR) is 112 cm³/mol. The van der Waals surface area contributed by atoms with E-state index in [1.165, 1.54) is 11.8 Å². The van der Waals surface area contributed by atoms with E-state index >= 15 is 0 Å². The lowest BCUT2D eigenvalue weighted by atomic mass is 10.2. The summed E-state index contributed by atoms with van der Waals surface area (Å²) in [6.07, 6.45) is 1.55. The first-order valence-electron chi connectivity index (χ1n) is 9.16. The van der Waals surface area contributed by atoms with Crippen molar-refractivity contribution in [2.45, 2.75) is 37.7 Å². The van der Waals surface area contributed by atoms with Gasteiger partial charge in [-0.1, -0.05) is 42.4 Å². The minimum Gasteiger partial charge on any atom is -0.461 e. The van der Waals surface area contributed by atoms with E-state index < -0.39 is 0 Å². The van der Waals surface area contributed by atoms with Gasteiger partial charge in [0.1, 0.15) is 0 Å². The van der Waals surface area contributed by atoms with Crippen molar-refractivity contribution in [3.05, 3.63) is 57.9 Å². The van der Waals surface area contributed by atoms with Gasteiger partial charge >= 0.3 is 0 Å². The van der Waals surface area contributed by atoms with Gasteiger partial charge in [-0.15, -0.1) is 0 Å². The quantitative estimate of drug-likeness (QED) is 0.306. The second-order valence-corrected chi connectivity index (χ2v) is 8.80. The maximum absolute atomic E-state index is 13.1. The Labute approximate surface area is 176 Å². The number of benzene rings is 1. The molecule has 4 rings (SSSR count). The summed E-state index contributed by atoms with van der Waals surface area (Å²) < 4.78 is 12.4. The zero-order chi connectivity index (χ0) is 20.5. The molecule has 0 N–H and O–H groups in total. The topological polar surface area (TPSA) is 86.9 Å². The predicted octanol–water partition coefficient (Wildman–Crippen LogP) is 5.20. The van der Waals surface area contributed by atoms with Gasteiger partial charge < -0.3 is 8.94 Å². The molecule has 0 saturated carbocycles. The minimum atomic E-state index is -0.207. The number of hydrogen-bond donors (Lipinski definition) is 0. The first kappa shape index (κ1) is 19.7. The highest BCUT2D eigenvalue weighted by atomic mass is 35.5. The molecule has 0 fully saturated rings. The van der Waals surface area contributed by atoms with E-state index in [0.29, 0.717) is 45.1 Å². The number of thioether (sulfide) groups is 1. The summed E-state index contributed by atoms with van der Waals surface area (Å²) in [5.41, 5.74) is 0.499. The zero-order valence-electron chi connectivity index (χ0n) is 16.1. The van der Waals surface area contributed by atoms with Crippen molar-refractivity contribution in [2.75, 3.05) is 0 Å². The second-order valence-electron chi connectivity index (χ2n) is 7.06. The van der Waals surface area contributed by atoms with Crippen LogP contribution in [0.1, 0.15) is 31.9 Å². The van der Waals surface area contributed by atoms with E-state index in [1.807, 2.05) is 6.92 Å². The van der Waals surface area contributed by atoms with Crippen LogP contribution in [0.25, 0.3) is 22.5 Å². The molecule has 1 atom stereocenters. The highest BCUT2D eigenvalue weighted by molar-refractivity contribution is 7.99. The molecule has 0 amide bonds. The van der Waals surface area contributed by atoms with Crippen LogP contribution in [0.5, 0.6) is 0 Å². The number of nitrogens with zero attached hydrogens (tertiary/aromatic N) is 4. The molecular formula is C20H19ClN4O3S. The Morgan fingerprint density at radius 2 is 2.03 bits per heavy atom. The molecule has 0 unspecified atom stereocenters. The summed E-state index contributed by atoms with van der Waals surface area (Å²) >= 11 is 7.48. The smallest absolute Gasteiger partial charge is 0.262 e. The molecule has 0 aliphatic heterocycles. The SMILES string of the molecule is CC(C)Cn1c(S[C@H](C)c2nc(-c3ccco3)no2)nc2ccc(Cl)cc2c1=O. The van der Waals surface area contributed by atoms with E-state index in [9.17, 15) is 4.79 Å². The van der Waals surface area contributed by atoms with Gasteiger partial charge in [-0.2, -0.15) is 4.98 Å². The first-order valence-corrected chi connectivity index (χ1v) is 10.4. The van der Waals surface area contributed by atoms with E-state index in [-0.39, 0.29) is 16.7 Å². The van der Waals surface area contributed by atoms with Gasteiger partial charge in [0.15, 0.2) is 10.9 Å². The largest absolute Gasteiger partial charge is 0.461 e. The Morgan fingerprint density at radius 1 is 1.21 bits per heavy atom. The van der Waals surface area contributed by atoms with Gasteiger partial charge in [-0.25, -0.2) is 4.98 Å². The lowest BCUT2D eigenvalue weighted by Gasteiger charge is -2.16. The van der Waals surface area contributed by atoms with Crippen LogP contribution in [0, 0.1) is 5.92 Å². The van der Waals surface area contributed by atoms with E-state index in [2.05, 4.69) is 24.0 Å². The molecule has 0 saturated heterocycles. The highest BCUT2D eigenvalue weighted by Crippen LogP contribution is 2.34. The van der Waals surface area contributed by atoms with Crippen LogP contribution < -0.4 is 5.56 Å². The maximum atomic E-state index is 13.1. The molecule has 3 heterocycles. The van der Waals surface area contributed by atoms with E-state index in [1.54, 1.807) is 41.2 Å². The molecule has 0 aliphatic carbocycles. The molecule has 4 aromatic rings. The van der Waals surface area contributed by atoms with Crippen molar-refractivity contribution >= 4 is 34.3 Å². The fourth-order valence-electron chi connectivity index (χ4n) is 2.90. The molecule has 1 aromatic carbocycles. The van der Waals surface area contributed by atoms with Gasteiger partial charge in [-0.3, -0.25) is 9.36 Å². The molecule has 0 radical (unpaired) electrons. The Hall–Kier alpha value is -2.58. The van der Waals surface area contributed by atoms with Crippen molar-refractivity contribution in [1.29, 1.82) is 0 Å². The monoisotopic (exact) mass is 430 g/mol. The average molecular weight is 431 g/mol. The lowest BCUT2D eigenvalue weighted by Crippen LogP contribution is -2.25. The van der Waals surface area contributed by atoms with E-state index in [4.69, 9.17) is 25.5 Å². The van der Waals surface area contributed by atoms with Gasteiger partial charge in [0.2, 0.25) is 11.7 Å². The fourth-order valence-corrected chi connectivity index (χ4v) is 4.02. The third-order valence-electron chi connectivity index (χ3n) is 4.24. The summed E-state index contributed by atoms with van der Waals surface area (Å²) in [7, 11) is 0. The standard InChI is InChI=1S/C20H19ClN4O3S/c1-11(2)10-25-19(26)14-9-13(21)6-7-15(14)22-20(25)29-12(3)18-23-17(24-28-18)16-5-4-8-27-16/h4-9,11-12H,10H2,1-3H3/t12-/m1/s1. The maximum Gasteiger partial charge on any atom is 0.262 e. The highest BCUT2D eigenvalue weighted by Gasteiger charge is 2.21. The average Bonchev–Trinajstić information content (AvgIpc) is 3.36. The Morgan fingerprint density at radius 3 is 2.76 bits per heavy atom. The van der Waals surface area contributed by atoms with Gasteiger partial charge in [0, 0.05) is 11.6 Å². The molecule has 0 spiro atoms. The van der Waals surface area contributed by atoms with Gasteiger partial charge in [0.25, 0.3) is 5.56 Å². The summed E-state index contributed by atoms with van der Waals surface area (Å²) in [6.45, 7) is 6.59. The summed E-state index contributed by atoms with van der Waals surface area (Å²) in [5.74, 6) is 1.63. The summed E-state index contributed by atoms with van der Waals surface area (Å²) in [5, 5.41) is 5.39. The molecule has 0 aliphatic rings. The number of halogens is 1. The Bertz CT molecular complexity index is 1200. The van der Waals surface area contributed by atoms with Gasteiger partial charge in [0.05, 0.1) is 22.4 Å². The second kappa shape index (κ2) is 8.04. The minimum absolute atomic E-state index is 0.109. The van der Waals surface area contributed by atoms with Crippen LogP contribution in [0.4, 0.5) is 0 Å². The van der Waals surface area contributed by atoms with Crippen molar-refractivity contribution in [1.82, 2.24) is 19.7 Å². The Balaban J connectivity index is 1.71. The molecule has 29 heavy (non-hydrogen) atoms. The van der Waals surface area contributed by atoms with Crippen LogP contribution in [-0.2, 0) is 6.54 Å². The fraction of sp³-hybridized carbons (Fsp3) is 0.300. The third-order valence-corrected chi connectivity index (χ3v) is 5.55. The van der Waals surface area contributed by atoms with Crippen molar-refractivity contribution in [3.8, 4) is 11.6 Å². The lowest BCUT2D eigenvalue weighted by molar-refractivity contribution is 0.379. The van der Waals surface area contributed by atoms with Crippen LogP contribution >= 0.6 is 23.4 Å². The van der Waals surface area contributed by atoms with Crippen molar-refractivity contribution in [3.63, 3.8) is 0 Å². The first-order chi connectivity index (χ1) is 13.9. The molecule has 150 valence electrons. The molecule has 3 aromatic heterocycles. The van der Waals surface area contributed by atoms with Crippen molar-refractivity contribution in [2.24, 2.45) is 5.92 Å². The molecule has 7 nitrogen and oxygen atoms in total. The number of hydrogen-bond acceptors (Lipinski definition) is 7. The normalized spacial score (nSPS) is 12.7. The zero-order valence-corrected chi connectivity index (χ0v) is 17.7. The number of rotatable bonds is 6. The van der Waals surface area contributed by atoms with Crippen LogP contribution in [0.3, 0.4) is 0 Å². The van der Waals surface area contributed by atoms with Crippen LogP contribution in [0.15, 0.2) is 55.5 Å². The number of fused-ring (bicyclic) bond motifs is 1. The van der Waals surface area contributed by atoms with E-state index in [0.717, 1.165) is 0 Å². The van der Waals surface area contributed by atoms with Crippen LogP contribution in [-0.4, -0.2) is 19.7 Å². The van der Waals surface area contributed by atoms with Gasteiger partial charge in [-0.05, 0) is 43.2 Å². The van der Waals surface area contributed by atoms with Crippen LogP contribution in [0.2, 0.25) is 5.02 Å². The third kappa shape index (κ3) is 4.09. The number of aromatic nitrogens is 4. The molecule has 9 heteroatoms. The Kier molecular flexibility index (Phi) is 5.47. The van der Waals surface area contributed by atoms with Crippen molar-refractivity contribution < 1.29 is 8.94 Å².